The van der Waals surface area contributed by atoms with E-state index in [0.717, 1.165) is 11.3 Å². The van der Waals surface area contributed by atoms with Crippen LogP contribution in [0, 0.1) is 0 Å². The Labute approximate surface area is 198 Å². The Morgan fingerprint density at radius 1 is 1.09 bits per heavy atom. The number of nitrogens with zero attached hydrogens (tertiary/aromatic N) is 4. The summed E-state index contributed by atoms with van der Waals surface area (Å²) in [5.41, 5.74) is 2.20. The monoisotopic (exact) mass is 466 g/mol. The minimum atomic E-state index is -0.606. The molecule has 7 nitrogen and oxygen atoms in total. The number of aromatic nitrogens is 2. The van der Waals surface area contributed by atoms with Crippen LogP contribution in [0.3, 0.4) is 0 Å². The van der Waals surface area contributed by atoms with Gasteiger partial charge in [0.15, 0.2) is 0 Å². The van der Waals surface area contributed by atoms with Gasteiger partial charge in [0.2, 0.25) is 0 Å². The second-order valence-electron chi connectivity index (χ2n) is 9.12. The molecule has 8 heteroatoms. The molecule has 2 aromatic carbocycles. The number of amides is 2. The molecule has 0 unspecified atom stereocenters. The molecule has 1 aromatic heterocycles. The molecule has 1 aliphatic heterocycles. The number of ether oxygens (including phenoxy) is 1. The molecule has 0 N–H and O–H groups in total. The van der Waals surface area contributed by atoms with Gasteiger partial charge in [0, 0.05) is 30.2 Å². The first-order valence-electron chi connectivity index (χ1n) is 10.8. The van der Waals surface area contributed by atoms with Gasteiger partial charge < -0.3 is 9.64 Å². The third-order valence-corrected chi connectivity index (χ3v) is 5.72. The average molecular weight is 467 g/mol. The number of carbonyl (C=O) groups excluding carboxylic acids is 2. The summed E-state index contributed by atoms with van der Waals surface area (Å²) < 4.78 is 7.27. The van der Waals surface area contributed by atoms with Crippen molar-refractivity contribution in [1.82, 2.24) is 14.7 Å². The molecule has 2 amide bonds. The number of para-hydroxylation sites is 1. The maximum atomic E-state index is 13.6. The molecule has 0 spiro atoms. The van der Waals surface area contributed by atoms with Crippen molar-refractivity contribution in [2.75, 3.05) is 11.4 Å². The molecule has 0 aliphatic carbocycles. The number of hydrogen-bond donors (Lipinski definition) is 0. The van der Waals surface area contributed by atoms with Gasteiger partial charge in [-0.25, -0.2) is 9.48 Å². The molecule has 1 aliphatic rings. The smallest absolute Gasteiger partial charge is 0.410 e. The van der Waals surface area contributed by atoms with E-state index in [1.807, 2.05) is 52.0 Å². The molecule has 2 heterocycles. The first-order chi connectivity index (χ1) is 15.6. The van der Waals surface area contributed by atoms with Gasteiger partial charge >= 0.3 is 6.09 Å². The van der Waals surface area contributed by atoms with Gasteiger partial charge in [-0.3, -0.25) is 9.69 Å². The van der Waals surface area contributed by atoms with Gasteiger partial charge in [-0.2, -0.15) is 5.10 Å². The lowest BCUT2D eigenvalue weighted by Crippen LogP contribution is -2.46. The second kappa shape index (κ2) is 8.90. The Bertz CT molecular complexity index is 1170. The van der Waals surface area contributed by atoms with Crippen LogP contribution in [-0.2, 0) is 11.3 Å². The minimum absolute atomic E-state index is 0.186. The van der Waals surface area contributed by atoms with Crippen molar-refractivity contribution in [1.29, 1.82) is 0 Å². The van der Waals surface area contributed by atoms with Crippen LogP contribution in [-0.4, -0.2) is 44.9 Å². The first-order valence-corrected chi connectivity index (χ1v) is 11.2. The van der Waals surface area contributed by atoms with E-state index in [2.05, 4.69) is 5.10 Å². The fourth-order valence-electron chi connectivity index (χ4n) is 3.86. The average Bonchev–Trinajstić information content (AvgIpc) is 3.23. The van der Waals surface area contributed by atoms with Crippen molar-refractivity contribution in [2.24, 2.45) is 0 Å². The highest BCUT2D eigenvalue weighted by Crippen LogP contribution is 2.30. The van der Waals surface area contributed by atoms with Crippen LogP contribution < -0.4 is 4.90 Å². The molecular weight excluding hydrogens is 440 g/mol. The van der Waals surface area contributed by atoms with Gasteiger partial charge in [-0.1, -0.05) is 29.8 Å². The topological polar surface area (TPSA) is 67.7 Å². The maximum Gasteiger partial charge on any atom is 0.410 e. The highest BCUT2D eigenvalue weighted by Gasteiger charge is 2.33. The van der Waals surface area contributed by atoms with Gasteiger partial charge in [0.1, 0.15) is 5.60 Å². The molecule has 0 fully saturated rings. The van der Waals surface area contributed by atoms with E-state index in [1.165, 1.54) is 0 Å². The number of anilines is 1. The van der Waals surface area contributed by atoms with Crippen molar-refractivity contribution in [3.8, 4) is 5.69 Å². The maximum absolute atomic E-state index is 13.6. The molecule has 4 rings (SSSR count). The highest BCUT2D eigenvalue weighted by atomic mass is 35.5. The molecular formula is C25H27ClN4O3. The van der Waals surface area contributed by atoms with Crippen molar-refractivity contribution >= 4 is 29.3 Å². The Balaban J connectivity index is 1.66. The van der Waals surface area contributed by atoms with Crippen molar-refractivity contribution < 1.29 is 14.3 Å². The molecule has 3 aromatic rings. The summed E-state index contributed by atoms with van der Waals surface area (Å²) in [7, 11) is 0. The summed E-state index contributed by atoms with van der Waals surface area (Å²) in [6, 6.07) is 14.4. The predicted molar refractivity (Wildman–Crippen MR) is 128 cm³/mol. The normalized spacial score (nSPS) is 16.2. The third-order valence-electron chi connectivity index (χ3n) is 5.42. The summed E-state index contributed by atoms with van der Waals surface area (Å²) >= 11 is 6.49. The fraction of sp³-hybridized carbons (Fsp3) is 0.320. The zero-order chi connectivity index (χ0) is 23.8. The number of hydrogen-bond acceptors (Lipinski definition) is 4. The van der Waals surface area contributed by atoms with Gasteiger partial charge in [-0.15, -0.1) is 0 Å². The van der Waals surface area contributed by atoms with E-state index in [9.17, 15) is 9.59 Å². The lowest BCUT2D eigenvalue weighted by atomic mass is 10.1. The fourth-order valence-corrected chi connectivity index (χ4v) is 4.13. The van der Waals surface area contributed by atoms with Crippen molar-refractivity contribution in [2.45, 2.75) is 45.9 Å². The standard InChI is InChI=1S/C25H27ClN4O3/c1-17-15-29(23(31)18-10-11-22(20(26)14-18)30-13-7-12-27-30)21-9-6-5-8-19(21)16-28(17)24(32)33-25(2,3)4/h5-14,17H,15-16H2,1-4H3/t17-/m1/s1. The van der Waals surface area contributed by atoms with Gasteiger partial charge in [-0.05, 0) is 63.6 Å². The lowest BCUT2D eigenvalue weighted by molar-refractivity contribution is 0.0167. The van der Waals surface area contributed by atoms with E-state index < -0.39 is 11.7 Å². The van der Waals surface area contributed by atoms with E-state index in [4.69, 9.17) is 16.3 Å². The van der Waals surface area contributed by atoms with Crippen molar-refractivity contribution in [3.05, 3.63) is 77.1 Å². The largest absolute Gasteiger partial charge is 0.444 e. The molecule has 1 atom stereocenters. The molecule has 172 valence electrons. The lowest BCUT2D eigenvalue weighted by Gasteiger charge is -2.31. The number of fused-ring (bicyclic) bond motifs is 1. The van der Waals surface area contributed by atoms with Crippen LogP contribution in [0.5, 0.6) is 0 Å². The predicted octanol–water partition coefficient (Wildman–Crippen LogP) is 5.31. The Hall–Kier alpha value is -3.32. The molecule has 0 saturated heterocycles. The number of rotatable bonds is 2. The summed E-state index contributed by atoms with van der Waals surface area (Å²) in [6.07, 6.45) is 3.06. The number of carbonyl (C=O) groups is 2. The van der Waals surface area contributed by atoms with E-state index in [0.29, 0.717) is 29.4 Å². The van der Waals surface area contributed by atoms with Crippen LogP contribution in [0.15, 0.2) is 60.9 Å². The Morgan fingerprint density at radius 3 is 2.52 bits per heavy atom. The Kier molecular flexibility index (Phi) is 6.17. The summed E-state index contributed by atoms with van der Waals surface area (Å²) in [5, 5.41) is 4.63. The number of benzene rings is 2. The van der Waals surface area contributed by atoms with Crippen LogP contribution in [0.1, 0.15) is 43.6 Å². The highest BCUT2D eigenvalue weighted by molar-refractivity contribution is 6.33. The SMILES string of the molecule is C[C@@H]1CN(C(=O)c2ccc(-n3cccn3)c(Cl)c2)c2ccccc2CN1C(=O)OC(C)(C)C. The summed E-state index contributed by atoms with van der Waals surface area (Å²) in [4.78, 5) is 29.9. The zero-order valence-electron chi connectivity index (χ0n) is 19.2. The van der Waals surface area contributed by atoms with Crippen LogP contribution in [0.25, 0.3) is 5.69 Å². The van der Waals surface area contributed by atoms with Gasteiger partial charge in [0.25, 0.3) is 5.91 Å². The van der Waals surface area contributed by atoms with E-state index in [1.54, 1.807) is 51.1 Å². The van der Waals surface area contributed by atoms with Crippen LogP contribution in [0.4, 0.5) is 10.5 Å². The zero-order valence-corrected chi connectivity index (χ0v) is 19.9. The summed E-state index contributed by atoms with van der Waals surface area (Å²) in [6.45, 7) is 8.13. The van der Waals surface area contributed by atoms with Gasteiger partial charge in [0.05, 0.1) is 23.3 Å². The van der Waals surface area contributed by atoms with Crippen LogP contribution in [0.2, 0.25) is 5.02 Å². The quantitative estimate of drug-likeness (QED) is 0.513. The molecule has 0 bridgehead atoms. The molecule has 0 saturated carbocycles. The summed E-state index contributed by atoms with van der Waals surface area (Å²) in [5.74, 6) is -0.186. The minimum Gasteiger partial charge on any atom is -0.444 e. The third kappa shape index (κ3) is 4.88. The van der Waals surface area contributed by atoms with Crippen molar-refractivity contribution in [3.63, 3.8) is 0 Å². The van der Waals surface area contributed by atoms with E-state index >= 15 is 0 Å². The second-order valence-corrected chi connectivity index (χ2v) is 9.53. The van der Waals surface area contributed by atoms with E-state index in [-0.39, 0.29) is 11.9 Å². The number of halogens is 1. The Morgan fingerprint density at radius 2 is 1.85 bits per heavy atom. The molecule has 0 radical (unpaired) electrons. The molecule has 33 heavy (non-hydrogen) atoms. The van der Waals surface area contributed by atoms with Crippen LogP contribution >= 0.6 is 11.6 Å². The first kappa shape index (κ1) is 22.9.